The molecule has 3 nitrogen and oxygen atoms in total. The van der Waals surface area contributed by atoms with Gasteiger partial charge in [-0.25, -0.2) is 4.98 Å². The van der Waals surface area contributed by atoms with E-state index in [0.29, 0.717) is 5.92 Å². The number of hydrogen-bond donors (Lipinski definition) is 2. The lowest BCUT2D eigenvalue weighted by Gasteiger charge is -2.15. The summed E-state index contributed by atoms with van der Waals surface area (Å²) in [6.45, 7) is 7.04. The number of thiazole rings is 1. The predicted octanol–water partition coefficient (Wildman–Crippen LogP) is 1.85. The molecule has 0 saturated carbocycles. The van der Waals surface area contributed by atoms with Gasteiger partial charge in [0.15, 0.2) is 5.13 Å². The van der Waals surface area contributed by atoms with E-state index < -0.39 is 0 Å². The SMILES string of the molecule is Cc1csc(NCC(N)C(C)C)n1. The molecular weight excluding hydrogens is 182 g/mol. The van der Waals surface area contributed by atoms with Crippen molar-refractivity contribution in [2.45, 2.75) is 26.8 Å². The van der Waals surface area contributed by atoms with E-state index in [2.05, 4.69) is 24.1 Å². The smallest absolute Gasteiger partial charge is 0.182 e. The van der Waals surface area contributed by atoms with Gasteiger partial charge in [0.2, 0.25) is 0 Å². The number of nitrogens with zero attached hydrogens (tertiary/aromatic N) is 1. The Morgan fingerprint density at radius 2 is 2.31 bits per heavy atom. The van der Waals surface area contributed by atoms with Crippen LogP contribution in [0.2, 0.25) is 0 Å². The molecule has 1 rings (SSSR count). The van der Waals surface area contributed by atoms with Crippen molar-refractivity contribution in [1.82, 2.24) is 4.98 Å². The molecular formula is C9H17N3S. The van der Waals surface area contributed by atoms with E-state index in [1.807, 2.05) is 12.3 Å². The molecule has 0 aliphatic rings. The topological polar surface area (TPSA) is 50.9 Å². The second kappa shape index (κ2) is 4.58. The first kappa shape index (κ1) is 10.5. The van der Waals surface area contributed by atoms with E-state index in [4.69, 9.17) is 5.73 Å². The molecule has 0 aliphatic heterocycles. The fraction of sp³-hybridized carbons (Fsp3) is 0.667. The second-order valence-corrected chi connectivity index (χ2v) is 4.44. The Kier molecular flexibility index (Phi) is 3.69. The van der Waals surface area contributed by atoms with Crippen LogP contribution < -0.4 is 11.1 Å². The zero-order valence-electron chi connectivity index (χ0n) is 8.37. The minimum absolute atomic E-state index is 0.198. The van der Waals surface area contributed by atoms with E-state index in [0.717, 1.165) is 17.4 Å². The van der Waals surface area contributed by atoms with Crippen LogP contribution in [0.25, 0.3) is 0 Å². The van der Waals surface area contributed by atoms with E-state index >= 15 is 0 Å². The fourth-order valence-corrected chi connectivity index (χ4v) is 1.57. The average Bonchev–Trinajstić information content (AvgIpc) is 2.47. The first-order valence-electron chi connectivity index (χ1n) is 4.51. The van der Waals surface area contributed by atoms with Crippen molar-refractivity contribution >= 4 is 16.5 Å². The third kappa shape index (κ3) is 3.32. The monoisotopic (exact) mass is 199 g/mol. The number of aromatic nitrogens is 1. The summed E-state index contributed by atoms with van der Waals surface area (Å²) in [5.41, 5.74) is 6.95. The third-order valence-electron chi connectivity index (χ3n) is 1.96. The second-order valence-electron chi connectivity index (χ2n) is 3.58. The third-order valence-corrected chi connectivity index (χ3v) is 2.88. The van der Waals surface area contributed by atoms with Crippen LogP contribution in [0, 0.1) is 12.8 Å². The Hall–Kier alpha value is -0.610. The number of rotatable bonds is 4. The highest BCUT2D eigenvalue weighted by Gasteiger charge is 2.07. The predicted molar refractivity (Wildman–Crippen MR) is 58.2 cm³/mol. The zero-order chi connectivity index (χ0) is 9.84. The first-order chi connectivity index (χ1) is 6.09. The molecule has 1 aromatic heterocycles. The lowest BCUT2D eigenvalue weighted by molar-refractivity contribution is 0.511. The standard InChI is InChI=1S/C9H17N3S/c1-6(2)8(10)4-11-9-12-7(3)5-13-9/h5-6,8H,4,10H2,1-3H3,(H,11,12). The minimum Gasteiger partial charge on any atom is -0.360 e. The molecule has 0 amide bonds. The minimum atomic E-state index is 0.198. The summed E-state index contributed by atoms with van der Waals surface area (Å²) >= 11 is 1.63. The molecule has 1 atom stereocenters. The first-order valence-corrected chi connectivity index (χ1v) is 5.39. The van der Waals surface area contributed by atoms with Gasteiger partial charge in [-0.3, -0.25) is 0 Å². The summed E-state index contributed by atoms with van der Waals surface area (Å²) in [5, 5.41) is 6.23. The molecule has 0 bridgehead atoms. The molecule has 1 unspecified atom stereocenters. The lowest BCUT2D eigenvalue weighted by Crippen LogP contribution is -2.33. The molecule has 0 aliphatic carbocycles. The number of hydrogen-bond acceptors (Lipinski definition) is 4. The quantitative estimate of drug-likeness (QED) is 0.778. The van der Waals surface area contributed by atoms with Crippen LogP contribution in [0.4, 0.5) is 5.13 Å². The largest absolute Gasteiger partial charge is 0.360 e. The van der Waals surface area contributed by atoms with Gasteiger partial charge in [0.25, 0.3) is 0 Å². The highest BCUT2D eigenvalue weighted by molar-refractivity contribution is 7.13. The number of aryl methyl sites for hydroxylation is 1. The van der Waals surface area contributed by atoms with Gasteiger partial charge in [-0.2, -0.15) is 0 Å². The van der Waals surface area contributed by atoms with Gasteiger partial charge in [-0.05, 0) is 12.8 Å². The van der Waals surface area contributed by atoms with Crippen molar-refractivity contribution in [1.29, 1.82) is 0 Å². The molecule has 0 radical (unpaired) electrons. The van der Waals surface area contributed by atoms with Gasteiger partial charge < -0.3 is 11.1 Å². The Morgan fingerprint density at radius 3 is 2.77 bits per heavy atom. The molecule has 0 fully saturated rings. The fourth-order valence-electron chi connectivity index (χ4n) is 0.876. The molecule has 1 heterocycles. The van der Waals surface area contributed by atoms with Crippen LogP contribution in [0.15, 0.2) is 5.38 Å². The number of nitrogens with one attached hydrogen (secondary N) is 1. The van der Waals surface area contributed by atoms with Crippen LogP contribution in [0.1, 0.15) is 19.5 Å². The van der Waals surface area contributed by atoms with Gasteiger partial charge in [-0.15, -0.1) is 11.3 Å². The number of anilines is 1. The molecule has 74 valence electrons. The maximum absolute atomic E-state index is 5.89. The number of nitrogens with two attached hydrogens (primary N) is 1. The van der Waals surface area contributed by atoms with Crippen LogP contribution in [-0.2, 0) is 0 Å². The van der Waals surface area contributed by atoms with Gasteiger partial charge in [0, 0.05) is 18.0 Å². The maximum atomic E-state index is 5.89. The van der Waals surface area contributed by atoms with Crippen LogP contribution in [-0.4, -0.2) is 17.6 Å². The summed E-state index contributed by atoms with van der Waals surface area (Å²) < 4.78 is 0. The van der Waals surface area contributed by atoms with Crippen LogP contribution >= 0.6 is 11.3 Å². The van der Waals surface area contributed by atoms with Gasteiger partial charge in [0.05, 0.1) is 5.69 Å². The molecule has 0 spiro atoms. The van der Waals surface area contributed by atoms with Crippen molar-refractivity contribution in [2.75, 3.05) is 11.9 Å². The zero-order valence-corrected chi connectivity index (χ0v) is 9.19. The summed E-state index contributed by atoms with van der Waals surface area (Å²) in [7, 11) is 0. The van der Waals surface area contributed by atoms with Gasteiger partial charge >= 0.3 is 0 Å². The van der Waals surface area contributed by atoms with E-state index in [-0.39, 0.29) is 6.04 Å². The Labute approximate surface area is 83.4 Å². The summed E-state index contributed by atoms with van der Waals surface area (Å²) in [4.78, 5) is 4.29. The van der Waals surface area contributed by atoms with Gasteiger partial charge in [0.1, 0.15) is 0 Å². The van der Waals surface area contributed by atoms with Crippen molar-refractivity contribution in [3.05, 3.63) is 11.1 Å². The molecule has 1 aromatic rings. The average molecular weight is 199 g/mol. The van der Waals surface area contributed by atoms with E-state index in [1.54, 1.807) is 11.3 Å². The Morgan fingerprint density at radius 1 is 1.62 bits per heavy atom. The highest BCUT2D eigenvalue weighted by atomic mass is 32.1. The molecule has 0 aromatic carbocycles. The molecule has 0 saturated heterocycles. The molecule has 4 heteroatoms. The summed E-state index contributed by atoms with van der Waals surface area (Å²) in [6.07, 6.45) is 0. The van der Waals surface area contributed by atoms with Crippen LogP contribution in [0.5, 0.6) is 0 Å². The van der Waals surface area contributed by atoms with E-state index in [1.165, 1.54) is 0 Å². The van der Waals surface area contributed by atoms with Crippen molar-refractivity contribution in [2.24, 2.45) is 11.7 Å². The van der Waals surface area contributed by atoms with Gasteiger partial charge in [-0.1, -0.05) is 13.8 Å². The highest BCUT2D eigenvalue weighted by Crippen LogP contribution is 2.14. The van der Waals surface area contributed by atoms with Crippen molar-refractivity contribution < 1.29 is 0 Å². The summed E-state index contributed by atoms with van der Waals surface area (Å²) in [5.74, 6) is 0.508. The normalized spacial score (nSPS) is 13.3. The Balaban J connectivity index is 2.35. The molecule has 3 N–H and O–H groups in total. The lowest BCUT2D eigenvalue weighted by atomic mass is 10.1. The van der Waals surface area contributed by atoms with E-state index in [9.17, 15) is 0 Å². The van der Waals surface area contributed by atoms with Crippen molar-refractivity contribution in [3.63, 3.8) is 0 Å². The summed E-state index contributed by atoms with van der Waals surface area (Å²) in [6, 6.07) is 0.198. The molecule has 13 heavy (non-hydrogen) atoms. The Bertz CT molecular complexity index is 257. The van der Waals surface area contributed by atoms with Crippen molar-refractivity contribution in [3.8, 4) is 0 Å². The van der Waals surface area contributed by atoms with Crippen LogP contribution in [0.3, 0.4) is 0 Å². The maximum Gasteiger partial charge on any atom is 0.182 e.